The van der Waals surface area contributed by atoms with Crippen LogP contribution in [0.2, 0.25) is 0 Å². The molecule has 2 aromatic heterocycles. The number of aromatic nitrogens is 3. The highest BCUT2D eigenvalue weighted by atomic mass is 16.4. The average Bonchev–Trinajstić information content (AvgIpc) is 3.32. The monoisotopic (exact) mass is 463 g/mol. The molecule has 0 spiro atoms. The van der Waals surface area contributed by atoms with E-state index in [1.165, 1.54) is 30.5 Å². The predicted octanol–water partition coefficient (Wildman–Crippen LogP) is 4.10. The maximum atomic E-state index is 13.4. The van der Waals surface area contributed by atoms with E-state index in [1.807, 2.05) is 19.3 Å². The summed E-state index contributed by atoms with van der Waals surface area (Å²) in [5.74, 6) is -0.367. The summed E-state index contributed by atoms with van der Waals surface area (Å²) >= 11 is 0. The van der Waals surface area contributed by atoms with Gasteiger partial charge in [0, 0.05) is 65.7 Å². The zero-order valence-electron chi connectivity index (χ0n) is 19.2. The number of Topliss-reactive ketones (excluding diaryl/α,β-unsaturated/α-hetero) is 1. The van der Waals surface area contributed by atoms with Gasteiger partial charge in [-0.15, -0.1) is 0 Å². The molecule has 1 fully saturated rings. The van der Waals surface area contributed by atoms with E-state index in [-0.39, 0.29) is 5.92 Å². The Morgan fingerprint density at radius 1 is 1.09 bits per heavy atom. The summed E-state index contributed by atoms with van der Waals surface area (Å²) in [6, 6.07) is 8.48. The molecule has 2 aliphatic carbocycles. The molecule has 2 heterocycles. The van der Waals surface area contributed by atoms with Crippen molar-refractivity contribution in [1.82, 2.24) is 14.1 Å². The summed E-state index contributed by atoms with van der Waals surface area (Å²) in [5, 5.41) is 16.8. The van der Waals surface area contributed by atoms with Crippen LogP contribution in [-0.2, 0) is 29.1 Å². The number of rotatable bonds is 6. The zero-order valence-corrected chi connectivity index (χ0v) is 19.2. The molecule has 1 saturated carbocycles. The normalized spacial score (nSPS) is 17.8. The highest BCUT2D eigenvalue weighted by Gasteiger charge is 2.33. The third kappa shape index (κ3) is 4.95. The highest BCUT2D eigenvalue weighted by molar-refractivity contribution is 6.11. The Bertz CT molecular complexity index is 1230. The molecule has 34 heavy (non-hydrogen) atoms. The lowest BCUT2D eigenvalue weighted by molar-refractivity contribution is -0.134. The first-order valence-corrected chi connectivity index (χ1v) is 11.6. The summed E-state index contributed by atoms with van der Waals surface area (Å²) in [7, 11) is 0. The van der Waals surface area contributed by atoms with Gasteiger partial charge in [-0.25, -0.2) is 14.6 Å². The molecule has 8 heteroatoms. The number of aryl methyl sites for hydroxylation is 1. The van der Waals surface area contributed by atoms with Crippen LogP contribution in [-0.4, -0.2) is 42.1 Å². The summed E-state index contributed by atoms with van der Waals surface area (Å²) < 4.78 is 4.58. The topological polar surface area (TPSA) is 114 Å². The fourth-order valence-corrected chi connectivity index (χ4v) is 4.83. The van der Waals surface area contributed by atoms with Crippen LogP contribution < -0.4 is 0 Å². The second-order valence-electron chi connectivity index (χ2n) is 8.98. The van der Waals surface area contributed by atoms with Gasteiger partial charge >= 0.3 is 11.9 Å². The number of hydrogen-bond acceptors (Lipinski definition) is 4. The van der Waals surface area contributed by atoms with Crippen molar-refractivity contribution in [2.45, 2.75) is 52.1 Å². The number of nitrogens with zero attached hydrogens (tertiary/aromatic N) is 3. The predicted molar refractivity (Wildman–Crippen MR) is 127 cm³/mol. The Morgan fingerprint density at radius 3 is 2.38 bits per heavy atom. The smallest absolute Gasteiger partial charge is 0.328 e. The number of carbonyl (C=O) groups is 3. The number of ketones is 1. The fourth-order valence-electron chi connectivity index (χ4n) is 4.83. The van der Waals surface area contributed by atoms with Gasteiger partial charge in [0.15, 0.2) is 5.78 Å². The maximum absolute atomic E-state index is 13.4. The minimum absolute atomic E-state index is 0.0540. The number of aliphatic carboxylic acids is 2. The third-order valence-electron chi connectivity index (χ3n) is 6.80. The summed E-state index contributed by atoms with van der Waals surface area (Å²) in [6.45, 7) is 3.82. The van der Waals surface area contributed by atoms with Crippen LogP contribution in [0.25, 0.3) is 10.9 Å². The molecule has 3 aromatic rings. The van der Waals surface area contributed by atoms with Crippen molar-refractivity contribution in [3.8, 4) is 0 Å². The second kappa shape index (κ2) is 10.1. The van der Waals surface area contributed by atoms with Crippen molar-refractivity contribution in [3.05, 3.63) is 65.9 Å². The van der Waals surface area contributed by atoms with Crippen LogP contribution in [0.15, 0.2) is 48.8 Å². The first-order chi connectivity index (χ1) is 16.3. The maximum Gasteiger partial charge on any atom is 0.328 e. The molecule has 5 rings (SSSR count). The second-order valence-corrected chi connectivity index (χ2v) is 8.98. The molecule has 1 atom stereocenters. The lowest BCUT2D eigenvalue weighted by Crippen LogP contribution is -2.28. The lowest BCUT2D eigenvalue weighted by Gasteiger charge is -2.29. The average molecular weight is 464 g/mol. The third-order valence-corrected chi connectivity index (χ3v) is 6.80. The van der Waals surface area contributed by atoms with Gasteiger partial charge in [-0.2, -0.15) is 0 Å². The van der Waals surface area contributed by atoms with Crippen molar-refractivity contribution in [2.75, 3.05) is 0 Å². The summed E-state index contributed by atoms with van der Waals surface area (Å²) in [6.07, 6.45) is 10.9. The van der Waals surface area contributed by atoms with Gasteiger partial charge in [0.05, 0.1) is 0 Å². The van der Waals surface area contributed by atoms with Crippen molar-refractivity contribution in [2.24, 2.45) is 11.8 Å². The van der Waals surface area contributed by atoms with Gasteiger partial charge in [0.2, 0.25) is 0 Å². The van der Waals surface area contributed by atoms with Crippen LogP contribution in [0.4, 0.5) is 0 Å². The van der Waals surface area contributed by atoms with Gasteiger partial charge in [-0.1, -0.05) is 24.6 Å². The molecule has 1 aromatic carbocycles. The highest BCUT2D eigenvalue weighted by Crippen LogP contribution is 2.37. The fraction of sp³-hybridized carbons (Fsp3) is 0.385. The van der Waals surface area contributed by atoms with E-state index in [0.717, 1.165) is 48.6 Å². The number of benzene rings is 1. The van der Waals surface area contributed by atoms with Crippen molar-refractivity contribution < 1.29 is 24.6 Å². The van der Waals surface area contributed by atoms with Crippen molar-refractivity contribution in [1.29, 1.82) is 0 Å². The van der Waals surface area contributed by atoms with Crippen LogP contribution in [0.3, 0.4) is 0 Å². The van der Waals surface area contributed by atoms with Gasteiger partial charge in [0.25, 0.3) is 0 Å². The van der Waals surface area contributed by atoms with Crippen LogP contribution in [0, 0.1) is 18.8 Å². The zero-order chi connectivity index (χ0) is 24.2. The molecule has 0 saturated heterocycles. The number of hydrogen-bond donors (Lipinski definition) is 2. The van der Waals surface area contributed by atoms with Gasteiger partial charge in [0.1, 0.15) is 5.82 Å². The number of para-hydroxylation sites is 1. The molecule has 2 aliphatic rings. The molecule has 0 bridgehead atoms. The molecule has 0 amide bonds. The molecule has 2 N–H and O–H groups in total. The van der Waals surface area contributed by atoms with Crippen LogP contribution >= 0.6 is 0 Å². The quantitative estimate of drug-likeness (QED) is 0.532. The Morgan fingerprint density at radius 2 is 1.79 bits per heavy atom. The Hall–Kier alpha value is -3.68. The molecule has 0 radical (unpaired) electrons. The number of carbonyl (C=O) groups excluding carboxylic acids is 1. The van der Waals surface area contributed by atoms with Gasteiger partial charge < -0.3 is 19.3 Å². The minimum atomic E-state index is -1.26. The molecule has 0 aliphatic heterocycles. The van der Waals surface area contributed by atoms with E-state index in [9.17, 15) is 14.4 Å². The largest absolute Gasteiger partial charge is 0.478 e. The minimum Gasteiger partial charge on any atom is -0.478 e. The first kappa shape index (κ1) is 23.5. The van der Waals surface area contributed by atoms with E-state index >= 15 is 0 Å². The Kier molecular flexibility index (Phi) is 6.95. The molecular weight excluding hydrogens is 434 g/mol. The first-order valence-electron chi connectivity index (χ1n) is 11.6. The number of carboxylic acids is 2. The summed E-state index contributed by atoms with van der Waals surface area (Å²) in [5.41, 5.74) is 3.52. The van der Waals surface area contributed by atoms with E-state index in [4.69, 9.17) is 10.2 Å². The van der Waals surface area contributed by atoms with E-state index in [0.29, 0.717) is 17.9 Å². The standard InChI is InChI=1S/C22H25N3O.C4H4O4/c1-15-23-11-12-24(15)14-17-9-10-20-21(22(17)26)18-7-2-3-8-19(18)25(20)13-16-5-4-6-16;5-3(6)1-2-4(7)8/h2-3,7-8,11-12,16-17H,4-6,9-10,13-14H2,1H3;1-2H,(H,5,6)(H,7,8). The number of carboxylic acid groups (broad SMARTS) is 2. The van der Waals surface area contributed by atoms with Gasteiger partial charge in [-0.3, -0.25) is 4.79 Å². The Balaban J connectivity index is 0.000000297. The molecular formula is C26H29N3O5. The van der Waals surface area contributed by atoms with Crippen molar-refractivity contribution >= 4 is 28.6 Å². The summed E-state index contributed by atoms with van der Waals surface area (Å²) in [4.78, 5) is 36.8. The molecule has 178 valence electrons. The lowest BCUT2D eigenvalue weighted by atomic mass is 9.84. The van der Waals surface area contributed by atoms with E-state index in [2.05, 4.69) is 38.4 Å². The van der Waals surface area contributed by atoms with E-state index < -0.39 is 11.9 Å². The van der Waals surface area contributed by atoms with Crippen molar-refractivity contribution in [3.63, 3.8) is 0 Å². The molecule has 8 nitrogen and oxygen atoms in total. The number of imidazole rings is 1. The van der Waals surface area contributed by atoms with E-state index in [1.54, 1.807) is 0 Å². The van der Waals surface area contributed by atoms with Crippen LogP contribution in [0.5, 0.6) is 0 Å². The van der Waals surface area contributed by atoms with Gasteiger partial charge in [-0.05, 0) is 44.6 Å². The Labute approximate surface area is 197 Å². The van der Waals surface area contributed by atoms with Crippen LogP contribution in [0.1, 0.15) is 47.6 Å². The number of fused-ring (bicyclic) bond motifs is 3. The SMILES string of the molecule is Cc1nccn1CC1CCc2c(c3ccccc3n2CC2CCC2)C1=O.O=C(O)C=CC(=O)O. The molecule has 1 unspecified atom stereocenters.